The maximum atomic E-state index is 12.0. The number of ether oxygens (including phenoxy) is 2. The number of benzene rings is 3. The molecule has 0 saturated heterocycles. The molecule has 3 aromatic carbocycles. The van der Waals surface area contributed by atoms with E-state index in [2.05, 4.69) is 68.6 Å². The summed E-state index contributed by atoms with van der Waals surface area (Å²) in [5.41, 5.74) is 7.42. The number of rotatable bonds is 12. The van der Waals surface area contributed by atoms with Crippen LogP contribution in [0.25, 0.3) is 11.1 Å². The quantitative estimate of drug-likeness (QED) is 0.291. The van der Waals surface area contributed by atoms with Crippen molar-refractivity contribution in [2.24, 2.45) is 0 Å². The number of carboxylic acids is 1. The number of hydrogen-bond donors (Lipinski definition) is 2. The molecule has 1 aliphatic heterocycles. The van der Waals surface area contributed by atoms with E-state index < -0.39 is 17.6 Å². The fourth-order valence-electron chi connectivity index (χ4n) is 4.95. The van der Waals surface area contributed by atoms with Crippen LogP contribution in [0, 0.1) is 6.92 Å². The molecule has 0 saturated carbocycles. The van der Waals surface area contributed by atoms with Crippen LogP contribution in [0.1, 0.15) is 48.1 Å². The van der Waals surface area contributed by atoms with E-state index in [0.717, 1.165) is 52.3 Å². The Bertz CT molecular complexity index is 1240. The van der Waals surface area contributed by atoms with E-state index in [0.29, 0.717) is 19.6 Å². The molecule has 0 aromatic heterocycles. The Morgan fingerprint density at radius 1 is 1.08 bits per heavy atom. The summed E-state index contributed by atoms with van der Waals surface area (Å²) in [5.74, 6) is 0.956. The Labute approximate surface area is 224 Å². The monoisotopic (exact) mass is 519 g/mol. The van der Waals surface area contributed by atoms with Crippen LogP contribution in [0.5, 0.6) is 5.75 Å². The van der Waals surface area contributed by atoms with Gasteiger partial charge in [0.15, 0.2) is 0 Å². The fraction of sp³-hybridized carbons (Fsp3) is 0.387. The number of nitrogens with one attached hydrogen (secondary N) is 1. The first kappa shape index (κ1) is 27.2. The molecule has 0 aliphatic carbocycles. The van der Waals surface area contributed by atoms with Gasteiger partial charge in [0.25, 0.3) is 0 Å². The molecule has 0 fully saturated rings. The highest BCUT2D eigenvalue weighted by atomic mass is 32.2. The largest absolute Gasteiger partial charge is 0.493 e. The van der Waals surface area contributed by atoms with Gasteiger partial charge in [-0.3, -0.25) is 10.1 Å². The first-order valence-corrected chi connectivity index (χ1v) is 14.2. The third-order valence-electron chi connectivity index (χ3n) is 6.93. The summed E-state index contributed by atoms with van der Waals surface area (Å²) in [7, 11) is 0. The van der Waals surface area contributed by atoms with Crippen molar-refractivity contribution in [3.05, 3.63) is 88.5 Å². The van der Waals surface area contributed by atoms with Crippen LogP contribution in [0.4, 0.5) is 0 Å². The van der Waals surface area contributed by atoms with E-state index in [1.165, 1.54) is 11.1 Å². The van der Waals surface area contributed by atoms with Crippen molar-refractivity contribution in [1.82, 2.24) is 5.32 Å². The Hall–Kier alpha value is -2.80. The number of aliphatic carboxylic acids is 1. The average molecular weight is 520 g/mol. The third kappa shape index (κ3) is 6.75. The van der Waals surface area contributed by atoms with Gasteiger partial charge in [-0.05, 0) is 96.3 Å². The zero-order chi connectivity index (χ0) is 26.4. The normalized spacial score (nSPS) is 13.7. The van der Waals surface area contributed by atoms with Crippen LogP contribution in [-0.4, -0.2) is 35.7 Å². The molecule has 1 heterocycles. The lowest BCUT2D eigenvalue weighted by Gasteiger charge is -2.33. The minimum atomic E-state index is -0.817. The molecule has 2 N–H and O–H groups in total. The summed E-state index contributed by atoms with van der Waals surface area (Å²) in [6.45, 7) is 8.02. The molecule has 0 radical (unpaired) electrons. The highest BCUT2D eigenvalue weighted by molar-refractivity contribution is 7.98. The van der Waals surface area contributed by atoms with Gasteiger partial charge in [-0.2, -0.15) is 11.8 Å². The van der Waals surface area contributed by atoms with Gasteiger partial charge in [0.05, 0.1) is 19.8 Å². The number of carboxylic acid groups (broad SMARTS) is 1. The van der Waals surface area contributed by atoms with Gasteiger partial charge >= 0.3 is 5.97 Å². The average Bonchev–Trinajstić information content (AvgIpc) is 3.34. The lowest BCUT2D eigenvalue weighted by atomic mass is 9.84. The van der Waals surface area contributed by atoms with E-state index in [4.69, 9.17) is 9.47 Å². The van der Waals surface area contributed by atoms with Crippen molar-refractivity contribution in [1.29, 1.82) is 0 Å². The van der Waals surface area contributed by atoms with Gasteiger partial charge in [0, 0.05) is 12.0 Å². The smallest absolute Gasteiger partial charge is 0.320 e. The van der Waals surface area contributed by atoms with Gasteiger partial charge in [0.2, 0.25) is 0 Å². The summed E-state index contributed by atoms with van der Waals surface area (Å²) in [4.78, 5) is 12.0. The second-order valence-corrected chi connectivity index (χ2v) is 11.2. The van der Waals surface area contributed by atoms with Crippen molar-refractivity contribution >= 4 is 17.7 Å². The first-order chi connectivity index (χ1) is 17.8. The van der Waals surface area contributed by atoms with E-state index >= 15 is 0 Å². The van der Waals surface area contributed by atoms with Crippen LogP contribution in [0.3, 0.4) is 0 Å². The lowest BCUT2D eigenvalue weighted by molar-refractivity contribution is -0.140. The van der Waals surface area contributed by atoms with Crippen LogP contribution in [-0.2, 0) is 34.7 Å². The molecule has 1 unspecified atom stereocenters. The minimum absolute atomic E-state index is 0.492. The highest BCUT2D eigenvalue weighted by Gasteiger charge is 2.30. The predicted octanol–water partition coefficient (Wildman–Crippen LogP) is 6.34. The molecule has 0 bridgehead atoms. The third-order valence-corrected chi connectivity index (χ3v) is 7.57. The standard InChI is InChI=1S/C31H37NO4S/c1-21-7-5-6-8-25(21)26-18-23(20-35-19-22-10-12-29-24(17-22)13-15-36-29)9-11-27(26)31(2,3)32-28(30(33)34)14-16-37-4/h5-12,17-18,28,32H,13-16,19-20H2,1-4H3,(H,33,34). The summed E-state index contributed by atoms with van der Waals surface area (Å²) >= 11 is 1.66. The van der Waals surface area contributed by atoms with E-state index in [9.17, 15) is 9.90 Å². The molecular formula is C31H37NO4S. The molecule has 3 aromatic rings. The summed E-state index contributed by atoms with van der Waals surface area (Å²) in [6, 6.07) is 20.4. The molecule has 0 spiro atoms. The SMILES string of the molecule is CSCCC(NC(C)(C)c1ccc(COCc2ccc3c(c2)CCO3)cc1-c1ccccc1C)C(=O)O. The Morgan fingerprint density at radius 2 is 1.81 bits per heavy atom. The highest BCUT2D eigenvalue weighted by Crippen LogP contribution is 2.35. The second-order valence-electron chi connectivity index (χ2n) is 10.2. The lowest BCUT2D eigenvalue weighted by Crippen LogP contribution is -2.48. The number of fused-ring (bicyclic) bond motifs is 1. The summed E-state index contributed by atoms with van der Waals surface area (Å²) in [6.07, 6.45) is 3.52. The van der Waals surface area contributed by atoms with Crippen molar-refractivity contribution in [2.75, 3.05) is 18.6 Å². The molecular weight excluding hydrogens is 482 g/mol. The molecule has 1 atom stereocenters. The second kappa shape index (κ2) is 12.2. The van der Waals surface area contributed by atoms with Crippen LogP contribution in [0.2, 0.25) is 0 Å². The number of thioether (sulfide) groups is 1. The molecule has 6 heteroatoms. The molecule has 0 amide bonds. The van der Waals surface area contributed by atoms with E-state index in [1.54, 1.807) is 11.8 Å². The van der Waals surface area contributed by atoms with Gasteiger partial charge in [0.1, 0.15) is 11.8 Å². The summed E-state index contributed by atoms with van der Waals surface area (Å²) < 4.78 is 11.7. The van der Waals surface area contributed by atoms with E-state index in [1.807, 2.05) is 24.5 Å². The Balaban J connectivity index is 1.57. The Morgan fingerprint density at radius 3 is 2.54 bits per heavy atom. The van der Waals surface area contributed by atoms with Crippen LogP contribution >= 0.6 is 11.8 Å². The zero-order valence-corrected chi connectivity index (χ0v) is 23.0. The molecule has 37 heavy (non-hydrogen) atoms. The van der Waals surface area contributed by atoms with Crippen molar-refractivity contribution in [2.45, 2.75) is 58.4 Å². The van der Waals surface area contributed by atoms with Gasteiger partial charge in [-0.15, -0.1) is 0 Å². The molecule has 196 valence electrons. The number of aryl methyl sites for hydroxylation is 1. The van der Waals surface area contributed by atoms with Gasteiger partial charge < -0.3 is 14.6 Å². The molecule has 4 rings (SSSR count). The number of carbonyl (C=O) groups is 1. The van der Waals surface area contributed by atoms with Gasteiger partial charge in [-0.25, -0.2) is 0 Å². The zero-order valence-electron chi connectivity index (χ0n) is 22.2. The summed E-state index contributed by atoms with van der Waals surface area (Å²) in [5, 5.41) is 13.3. The minimum Gasteiger partial charge on any atom is -0.493 e. The van der Waals surface area contributed by atoms with Crippen LogP contribution in [0.15, 0.2) is 60.7 Å². The molecule has 5 nitrogen and oxygen atoms in total. The topological polar surface area (TPSA) is 67.8 Å². The van der Waals surface area contributed by atoms with Crippen molar-refractivity contribution in [3.63, 3.8) is 0 Å². The fourth-order valence-corrected chi connectivity index (χ4v) is 5.42. The first-order valence-electron chi connectivity index (χ1n) is 12.8. The van der Waals surface area contributed by atoms with Crippen molar-refractivity contribution in [3.8, 4) is 16.9 Å². The van der Waals surface area contributed by atoms with Crippen molar-refractivity contribution < 1.29 is 19.4 Å². The predicted molar refractivity (Wildman–Crippen MR) is 151 cm³/mol. The number of hydrogen-bond acceptors (Lipinski definition) is 5. The molecule has 1 aliphatic rings. The van der Waals surface area contributed by atoms with Crippen LogP contribution < -0.4 is 10.1 Å². The maximum absolute atomic E-state index is 12.0. The Kier molecular flexibility index (Phi) is 8.95. The maximum Gasteiger partial charge on any atom is 0.320 e. The van der Waals surface area contributed by atoms with E-state index in [-0.39, 0.29) is 0 Å². The van der Waals surface area contributed by atoms with Gasteiger partial charge in [-0.1, -0.05) is 42.5 Å².